The van der Waals surface area contributed by atoms with Crippen LogP contribution < -0.4 is 15.0 Å². The molecular formula is C13H18N2O5. The van der Waals surface area contributed by atoms with Crippen molar-refractivity contribution in [2.75, 3.05) is 38.8 Å². The molecule has 0 radical (unpaired) electrons. The Hall–Kier alpha value is -2.28. The predicted octanol–water partition coefficient (Wildman–Crippen LogP) is 0.942. The Morgan fingerprint density at radius 1 is 1.35 bits per heavy atom. The molecule has 20 heavy (non-hydrogen) atoms. The maximum absolute atomic E-state index is 11.9. The summed E-state index contributed by atoms with van der Waals surface area (Å²) in [6, 6.07) is 6.81. The molecule has 0 aliphatic heterocycles. The Morgan fingerprint density at radius 3 is 2.70 bits per heavy atom. The van der Waals surface area contributed by atoms with E-state index in [9.17, 15) is 9.59 Å². The van der Waals surface area contributed by atoms with Crippen LogP contribution in [0.4, 0.5) is 10.5 Å². The Labute approximate surface area is 117 Å². The number of methoxy groups -OCH3 is 1. The monoisotopic (exact) mass is 282 g/mol. The van der Waals surface area contributed by atoms with Crippen LogP contribution in [0, 0.1) is 0 Å². The molecule has 2 amide bonds. The fourth-order valence-electron chi connectivity index (χ4n) is 1.52. The molecule has 7 nitrogen and oxygen atoms in total. The lowest BCUT2D eigenvalue weighted by Crippen LogP contribution is -2.39. The second kappa shape index (κ2) is 8.00. The van der Waals surface area contributed by atoms with Crippen molar-refractivity contribution in [3.8, 4) is 5.75 Å². The number of carboxylic acid groups (broad SMARTS) is 1. The van der Waals surface area contributed by atoms with E-state index in [0.717, 1.165) is 0 Å². The van der Waals surface area contributed by atoms with Crippen molar-refractivity contribution < 1.29 is 24.2 Å². The first-order valence-electron chi connectivity index (χ1n) is 6.00. The highest BCUT2D eigenvalue weighted by atomic mass is 16.5. The Morgan fingerprint density at radius 2 is 2.05 bits per heavy atom. The average molecular weight is 282 g/mol. The highest BCUT2D eigenvalue weighted by Crippen LogP contribution is 2.26. The largest absolute Gasteiger partial charge is 0.495 e. The molecule has 0 saturated heterocycles. The number of urea groups is 1. The van der Waals surface area contributed by atoms with Gasteiger partial charge in [-0.1, -0.05) is 12.1 Å². The van der Waals surface area contributed by atoms with E-state index in [4.69, 9.17) is 14.6 Å². The summed E-state index contributed by atoms with van der Waals surface area (Å²) in [6.07, 6.45) is 0. The number of carbonyl (C=O) groups is 2. The molecule has 0 bridgehead atoms. The number of aliphatic carboxylic acids is 1. The molecule has 110 valence electrons. The smallest absolute Gasteiger partial charge is 0.329 e. The number of carboxylic acids is 1. The maximum atomic E-state index is 11.9. The van der Waals surface area contributed by atoms with Crippen LogP contribution in [-0.4, -0.2) is 51.0 Å². The number of carbonyl (C=O) groups excluding carboxylic acids is 1. The summed E-state index contributed by atoms with van der Waals surface area (Å²) in [5, 5.41) is 11.0. The topological polar surface area (TPSA) is 88.1 Å². The van der Waals surface area contributed by atoms with Gasteiger partial charge in [-0.3, -0.25) is 4.90 Å². The molecule has 1 rings (SSSR count). The summed E-state index contributed by atoms with van der Waals surface area (Å²) in [6.45, 7) is -0.0123. The molecule has 0 atom stereocenters. The average Bonchev–Trinajstić information content (AvgIpc) is 2.45. The number of nitrogens with zero attached hydrogens (tertiary/aromatic N) is 1. The third-order valence-electron chi connectivity index (χ3n) is 2.50. The minimum absolute atomic E-state index is 0.137. The molecule has 7 heteroatoms. The van der Waals surface area contributed by atoms with Gasteiger partial charge in [0.15, 0.2) is 0 Å². The third kappa shape index (κ3) is 4.77. The molecule has 0 aliphatic carbocycles. The number of hydrogen-bond acceptors (Lipinski definition) is 4. The molecule has 0 aromatic heterocycles. The molecule has 0 fully saturated rings. The first-order chi connectivity index (χ1) is 9.56. The van der Waals surface area contributed by atoms with Gasteiger partial charge in [-0.25, -0.2) is 9.59 Å². The Balaban J connectivity index is 2.44. The van der Waals surface area contributed by atoms with Gasteiger partial charge in [-0.15, -0.1) is 0 Å². The quantitative estimate of drug-likeness (QED) is 0.727. The number of hydrogen-bond donors (Lipinski definition) is 2. The Bertz CT molecular complexity index is 464. The van der Waals surface area contributed by atoms with Crippen LogP contribution >= 0.6 is 0 Å². The minimum atomic E-state index is -1.04. The van der Waals surface area contributed by atoms with Gasteiger partial charge in [0.1, 0.15) is 12.4 Å². The second-order valence-electron chi connectivity index (χ2n) is 3.91. The van der Waals surface area contributed by atoms with Gasteiger partial charge in [-0.2, -0.15) is 0 Å². The fourth-order valence-corrected chi connectivity index (χ4v) is 1.52. The zero-order chi connectivity index (χ0) is 15.0. The van der Waals surface area contributed by atoms with Crippen molar-refractivity contribution in [1.29, 1.82) is 0 Å². The van der Waals surface area contributed by atoms with E-state index in [0.29, 0.717) is 11.4 Å². The summed E-state index contributed by atoms with van der Waals surface area (Å²) in [7, 11) is 3.15. The molecule has 0 spiro atoms. The molecule has 0 aliphatic rings. The van der Waals surface area contributed by atoms with Crippen molar-refractivity contribution in [2.24, 2.45) is 0 Å². The first kappa shape index (κ1) is 15.8. The fraction of sp³-hybridized carbons (Fsp3) is 0.385. The highest BCUT2D eigenvalue weighted by Gasteiger charge is 2.13. The first-order valence-corrected chi connectivity index (χ1v) is 6.00. The lowest BCUT2D eigenvalue weighted by atomic mass is 10.3. The van der Waals surface area contributed by atoms with E-state index in [-0.39, 0.29) is 25.8 Å². The van der Waals surface area contributed by atoms with Crippen molar-refractivity contribution in [3.63, 3.8) is 0 Å². The molecule has 2 N–H and O–H groups in total. The van der Waals surface area contributed by atoms with Gasteiger partial charge in [0.2, 0.25) is 0 Å². The Kier molecular flexibility index (Phi) is 6.31. The number of para-hydroxylation sites is 2. The van der Waals surface area contributed by atoms with Crippen molar-refractivity contribution >= 4 is 17.7 Å². The third-order valence-corrected chi connectivity index (χ3v) is 2.50. The maximum Gasteiger partial charge on any atom is 0.329 e. The van der Waals surface area contributed by atoms with E-state index in [2.05, 4.69) is 5.32 Å². The summed E-state index contributed by atoms with van der Waals surface area (Å²) in [4.78, 5) is 23.5. The zero-order valence-electron chi connectivity index (χ0n) is 11.5. The van der Waals surface area contributed by atoms with Crippen LogP contribution in [0.2, 0.25) is 0 Å². The second-order valence-corrected chi connectivity index (χ2v) is 3.91. The van der Waals surface area contributed by atoms with Crippen LogP contribution in [-0.2, 0) is 9.53 Å². The van der Waals surface area contributed by atoms with Gasteiger partial charge in [0.25, 0.3) is 0 Å². The van der Waals surface area contributed by atoms with Crippen molar-refractivity contribution in [1.82, 2.24) is 5.32 Å². The van der Waals surface area contributed by atoms with E-state index >= 15 is 0 Å². The minimum Gasteiger partial charge on any atom is -0.495 e. The van der Waals surface area contributed by atoms with Crippen LogP contribution in [0.25, 0.3) is 0 Å². The summed E-state index contributed by atoms with van der Waals surface area (Å²) < 4.78 is 9.99. The number of rotatable bonds is 7. The summed E-state index contributed by atoms with van der Waals surface area (Å²) >= 11 is 0. The number of ether oxygens (including phenoxy) is 2. The number of amides is 2. The van der Waals surface area contributed by atoms with Crippen molar-refractivity contribution in [2.45, 2.75) is 0 Å². The zero-order valence-corrected chi connectivity index (χ0v) is 11.5. The lowest BCUT2D eigenvalue weighted by Gasteiger charge is -2.20. The molecule has 1 aromatic carbocycles. The molecule has 0 saturated carbocycles. The van der Waals surface area contributed by atoms with E-state index < -0.39 is 5.97 Å². The van der Waals surface area contributed by atoms with E-state index in [1.807, 2.05) is 6.07 Å². The predicted molar refractivity (Wildman–Crippen MR) is 73.3 cm³/mol. The normalized spacial score (nSPS) is 9.90. The van der Waals surface area contributed by atoms with E-state index in [1.54, 1.807) is 25.2 Å². The molecular weight excluding hydrogens is 264 g/mol. The van der Waals surface area contributed by atoms with Crippen molar-refractivity contribution in [3.05, 3.63) is 24.3 Å². The van der Waals surface area contributed by atoms with Gasteiger partial charge >= 0.3 is 12.0 Å². The number of benzene rings is 1. The highest BCUT2D eigenvalue weighted by molar-refractivity contribution is 5.92. The van der Waals surface area contributed by atoms with Crippen LogP contribution in [0.1, 0.15) is 0 Å². The van der Waals surface area contributed by atoms with Crippen LogP contribution in [0.15, 0.2) is 24.3 Å². The lowest BCUT2D eigenvalue weighted by molar-refractivity contribution is -0.142. The summed E-state index contributed by atoms with van der Waals surface area (Å²) in [5.41, 5.74) is 0.638. The molecule has 0 heterocycles. The summed E-state index contributed by atoms with van der Waals surface area (Å²) in [5.74, 6) is -0.449. The molecule has 0 unspecified atom stereocenters. The van der Waals surface area contributed by atoms with E-state index in [1.165, 1.54) is 12.0 Å². The number of nitrogens with one attached hydrogen (secondary N) is 1. The number of anilines is 1. The SMILES string of the molecule is COc1ccccc1N(C)C(=O)NCCOCC(=O)O. The molecule has 1 aromatic rings. The van der Waals surface area contributed by atoms with Gasteiger partial charge in [0.05, 0.1) is 19.4 Å². The van der Waals surface area contributed by atoms with Gasteiger partial charge in [0, 0.05) is 13.6 Å². The van der Waals surface area contributed by atoms with Gasteiger partial charge < -0.3 is 19.9 Å². The van der Waals surface area contributed by atoms with Crippen LogP contribution in [0.5, 0.6) is 5.75 Å². The van der Waals surface area contributed by atoms with Gasteiger partial charge in [-0.05, 0) is 12.1 Å². The standard InChI is InChI=1S/C13H18N2O5/c1-15(10-5-3-4-6-11(10)19-2)13(18)14-7-8-20-9-12(16)17/h3-6H,7-9H2,1-2H3,(H,14,18)(H,16,17). The van der Waals surface area contributed by atoms with Crippen LogP contribution in [0.3, 0.4) is 0 Å².